The normalized spacial score (nSPS) is 12.6. The van der Waals surface area contributed by atoms with Gasteiger partial charge in [-0.1, -0.05) is 18.2 Å². The van der Waals surface area contributed by atoms with Crippen LogP contribution in [-0.2, 0) is 22.7 Å². The van der Waals surface area contributed by atoms with Crippen LogP contribution in [0.15, 0.2) is 65.7 Å². The van der Waals surface area contributed by atoms with Crippen LogP contribution in [0.2, 0.25) is 0 Å². The van der Waals surface area contributed by atoms with E-state index in [2.05, 4.69) is 16.4 Å². The second-order valence-corrected chi connectivity index (χ2v) is 11.0. The molecular formula is C24H19N3O4S2. The summed E-state index contributed by atoms with van der Waals surface area (Å²) in [5, 5.41) is 12.4. The molecule has 5 rings (SSSR count). The molecule has 0 radical (unpaired) electrons. The van der Waals surface area contributed by atoms with Crippen molar-refractivity contribution in [3.8, 4) is 21.7 Å². The number of aromatic nitrogens is 2. The predicted octanol–water partition coefficient (Wildman–Crippen LogP) is 4.82. The number of sulfone groups is 1. The number of carbonyl (C=O) groups is 1. The van der Waals surface area contributed by atoms with Crippen molar-refractivity contribution in [3.05, 3.63) is 76.8 Å². The summed E-state index contributed by atoms with van der Waals surface area (Å²) in [6, 6.07) is 15.5. The highest BCUT2D eigenvalue weighted by atomic mass is 32.2. The SMILES string of the molecule is CS(=O)(=O)c1cccc(Nc2ncc3c(n2)-c2cc(-c4cccc(C(=O)O)c4)sc2CC3)c1. The van der Waals surface area contributed by atoms with Gasteiger partial charge in [0.25, 0.3) is 0 Å². The van der Waals surface area contributed by atoms with Crippen LogP contribution in [0.1, 0.15) is 20.8 Å². The van der Waals surface area contributed by atoms with Crippen molar-refractivity contribution >= 4 is 38.8 Å². The van der Waals surface area contributed by atoms with E-state index >= 15 is 0 Å². The first-order valence-corrected chi connectivity index (χ1v) is 12.9. The van der Waals surface area contributed by atoms with E-state index in [1.54, 1.807) is 60.0 Å². The first-order valence-electron chi connectivity index (χ1n) is 10.2. The van der Waals surface area contributed by atoms with Gasteiger partial charge in [0, 0.05) is 33.5 Å². The first kappa shape index (κ1) is 21.3. The number of nitrogens with one attached hydrogen (secondary N) is 1. The summed E-state index contributed by atoms with van der Waals surface area (Å²) in [7, 11) is -3.32. The van der Waals surface area contributed by atoms with Gasteiger partial charge >= 0.3 is 5.97 Å². The number of aromatic carboxylic acids is 1. The maximum absolute atomic E-state index is 11.9. The number of fused-ring (bicyclic) bond motifs is 3. The summed E-state index contributed by atoms with van der Waals surface area (Å²) in [5.41, 5.74) is 4.61. The summed E-state index contributed by atoms with van der Waals surface area (Å²) >= 11 is 1.65. The fourth-order valence-electron chi connectivity index (χ4n) is 3.83. The Bertz CT molecular complexity index is 1510. The van der Waals surface area contributed by atoms with Crippen LogP contribution in [0.3, 0.4) is 0 Å². The summed E-state index contributed by atoms with van der Waals surface area (Å²) in [4.78, 5) is 22.9. The molecule has 1 aliphatic carbocycles. The number of hydrogen-bond acceptors (Lipinski definition) is 7. The second kappa shape index (κ2) is 8.09. The number of rotatable bonds is 5. The highest BCUT2D eigenvalue weighted by Gasteiger charge is 2.22. The molecule has 1 aliphatic rings. The maximum atomic E-state index is 11.9. The van der Waals surface area contributed by atoms with Gasteiger partial charge < -0.3 is 10.4 Å². The molecule has 2 aromatic carbocycles. The summed E-state index contributed by atoms with van der Waals surface area (Å²) < 4.78 is 23.7. The minimum absolute atomic E-state index is 0.221. The molecule has 166 valence electrons. The molecule has 7 nitrogen and oxygen atoms in total. The Kier molecular flexibility index (Phi) is 5.22. The first-order chi connectivity index (χ1) is 15.8. The molecule has 0 aliphatic heterocycles. The number of anilines is 2. The molecule has 2 heterocycles. The van der Waals surface area contributed by atoms with Crippen LogP contribution in [0.4, 0.5) is 11.6 Å². The molecular weight excluding hydrogens is 458 g/mol. The van der Waals surface area contributed by atoms with Gasteiger partial charge in [0.1, 0.15) is 0 Å². The average molecular weight is 478 g/mol. The monoisotopic (exact) mass is 477 g/mol. The highest BCUT2D eigenvalue weighted by Crippen LogP contribution is 2.41. The average Bonchev–Trinajstić information content (AvgIpc) is 3.24. The lowest BCUT2D eigenvalue weighted by Crippen LogP contribution is -2.07. The van der Waals surface area contributed by atoms with Crippen molar-refractivity contribution in [2.45, 2.75) is 17.7 Å². The number of thiophene rings is 1. The third kappa shape index (κ3) is 4.24. The summed E-state index contributed by atoms with van der Waals surface area (Å²) in [6.07, 6.45) is 4.67. The zero-order valence-electron chi connectivity index (χ0n) is 17.6. The Morgan fingerprint density at radius 3 is 2.70 bits per heavy atom. The molecule has 4 aromatic rings. The zero-order chi connectivity index (χ0) is 23.2. The van der Waals surface area contributed by atoms with Gasteiger partial charge in [-0.05, 0) is 60.4 Å². The van der Waals surface area contributed by atoms with E-state index in [4.69, 9.17) is 4.98 Å². The lowest BCUT2D eigenvalue weighted by atomic mass is 9.95. The topological polar surface area (TPSA) is 109 Å². The molecule has 2 aromatic heterocycles. The molecule has 0 saturated carbocycles. The van der Waals surface area contributed by atoms with Crippen LogP contribution in [0.25, 0.3) is 21.7 Å². The number of carboxylic acids is 1. The van der Waals surface area contributed by atoms with Gasteiger partial charge in [0.2, 0.25) is 5.95 Å². The Balaban J connectivity index is 1.50. The summed E-state index contributed by atoms with van der Waals surface area (Å²) in [5.74, 6) is -0.570. The minimum atomic E-state index is -3.32. The van der Waals surface area contributed by atoms with Crippen molar-refractivity contribution in [3.63, 3.8) is 0 Å². The van der Waals surface area contributed by atoms with Gasteiger partial charge in [-0.25, -0.2) is 23.2 Å². The van der Waals surface area contributed by atoms with Crippen molar-refractivity contribution in [1.82, 2.24) is 9.97 Å². The van der Waals surface area contributed by atoms with E-state index in [0.717, 1.165) is 40.1 Å². The number of carboxylic acid groups (broad SMARTS) is 1. The lowest BCUT2D eigenvalue weighted by molar-refractivity contribution is 0.0697. The molecule has 0 saturated heterocycles. The van der Waals surface area contributed by atoms with Crippen molar-refractivity contribution in [1.29, 1.82) is 0 Å². The fraction of sp³-hybridized carbons (Fsp3) is 0.125. The van der Waals surface area contributed by atoms with Crippen LogP contribution < -0.4 is 5.32 Å². The quantitative estimate of drug-likeness (QED) is 0.424. The van der Waals surface area contributed by atoms with Crippen LogP contribution in [0.5, 0.6) is 0 Å². The molecule has 0 amide bonds. The fourth-order valence-corrected chi connectivity index (χ4v) is 5.65. The second-order valence-electron chi connectivity index (χ2n) is 7.83. The number of benzene rings is 2. The van der Waals surface area contributed by atoms with Gasteiger partial charge in [0.15, 0.2) is 9.84 Å². The van der Waals surface area contributed by atoms with Gasteiger partial charge in [-0.3, -0.25) is 0 Å². The van der Waals surface area contributed by atoms with E-state index in [-0.39, 0.29) is 10.5 Å². The van der Waals surface area contributed by atoms with E-state index in [9.17, 15) is 18.3 Å². The Morgan fingerprint density at radius 1 is 1.09 bits per heavy atom. The standard InChI is InChI=1S/C24H19N3O4S2/c1-33(30,31)18-7-3-6-17(11-18)26-24-25-13-16-8-9-20-19(22(16)27-24)12-21(32-20)14-4-2-5-15(10-14)23(28)29/h2-7,10-13H,8-9H2,1H3,(H,28,29)(H,25,26,27). The third-order valence-electron chi connectivity index (χ3n) is 5.46. The molecule has 0 unspecified atom stereocenters. The minimum Gasteiger partial charge on any atom is -0.478 e. The van der Waals surface area contributed by atoms with Crippen LogP contribution in [0, 0.1) is 0 Å². The zero-order valence-corrected chi connectivity index (χ0v) is 19.2. The van der Waals surface area contributed by atoms with Crippen LogP contribution in [-0.4, -0.2) is 35.7 Å². The lowest BCUT2D eigenvalue weighted by Gasteiger charge is -2.16. The van der Waals surface area contributed by atoms with Crippen LogP contribution >= 0.6 is 11.3 Å². The molecule has 0 fully saturated rings. The molecule has 0 spiro atoms. The molecule has 2 N–H and O–H groups in total. The number of hydrogen-bond donors (Lipinski definition) is 2. The van der Waals surface area contributed by atoms with E-state index in [0.29, 0.717) is 11.6 Å². The summed E-state index contributed by atoms with van der Waals surface area (Å²) in [6.45, 7) is 0. The Hall–Kier alpha value is -3.56. The van der Waals surface area contributed by atoms with Crippen molar-refractivity contribution in [2.75, 3.05) is 11.6 Å². The molecule has 0 atom stereocenters. The molecule has 9 heteroatoms. The van der Waals surface area contributed by atoms with Crippen molar-refractivity contribution < 1.29 is 18.3 Å². The Morgan fingerprint density at radius 2 is 1.91 bits per heavy atom. The Labute approximate surface area is 194 Å². The van der Waals surface area contributed by atoms with E-state index in [1.165, 1.54) is 11.1 Å². The number of aryl methyl sites for hydroxylation is 2. The highest BCUT2D eigenvalue weighted by molar-refractivity contribution is 7.90. The van der Waals surface area contributed by atoms with Gasteiger partial charge in [-0.2, -0.15) is 0 Å². The largest absolute Gasteiger partial charge is 0.478 e. The van der Waals surface area contributed by atoms with Crippen molar-refractivity contribution in [2.24, 2.45) is 0 Å². The van der Waals surface area contributed by atoms with E-state index < -0.39 is 15.8 Å². The van der Waals surface area contributed by atoms with Gasteiger partial charge in [0.05, 0.1) is 16.2 Å². The third-order valence-corrected chi connectivity index (χ3v) is 7.82. The smallest absolute Gasteiger partial charge is 0.335 e. The van der Waals surface area contributed by atoms with E-state index in [1.807, 2.05) is 6.07 Å². The predicted molar refractivity (Wildman–Crippen MR) is 128 cm³/mol. The molecule has 33 heavy (non-hydrogen) atoms. The number of nitrogens with zero attached hydrogens (tertiary/aromatic N) is 2. The maximum Gasteiger partial charge on any atom is 0.335 e. The van der Waals surface area contributed by atoms with Gasteiger partial charge in [-0.15, -0.1) is 11.3 Å². The molecule has 0 bridgehead atoms.